The third-order valence-corrected chi connectivity index (χ3v) is 4.93. The number of amides is 1. The molecule has 0 radical (unpaired) electrons. The van der Waals surface area contributed by atoms with Gasteiger partial charge in [0.05, 0.1) is 26.2 Å². The Bertz CT molecular complexity index is 668. The molecule has 1 heterocycles. The second kappa shape index (κ2) is 7.08. The summed E-state index contributed by atoms with van der Waals surface area (Å²) in [6, 6.07) is 4.77. The number of likely N-dealkylation sites (tertiary alicyclic amines) is 1. The molecule has 8 heteroatoms. The third kappa shape index (κ3) is 4.07. The molecule has 0 atom stereocenters. The first kappa shape index (κ1) is 17.4. The number of rotatable bonds is 6. The number of benzene rings is 1. The molecule has 0 spiro atoms. The summed E-state index contributed by atoms with van der Waals surface area (Å²) in [7, 11) is -0.621. The predicted molar refractivity (Wildman–Crippen MR) is 87.5 cm³/mol. The fraction of sp³-hybridized carbons (Fsp3) is 0.533. The second-order valence-corrected chi connectivity index (χ2v) is 7.30. The predicted octanol–water partition coefficient (Wildman–Crippen LogP) is 1.09. The van der Waals surface area contributed by atoms with Crippen molar-refractivity contribution < 1.29 is 22.7 Å². The van der Waals surface area contributed by atoms with Gasteiger partial charge in [-0.25, -0.2) is 8.42 Å². The van der Waals surface area contributed by atoms with Crippen LogP contribution in [-0.2, 0) is 14.8 Å². The molecule has 1 aliphatic rings. The van der Waals surface area contributed by atoms with Gasteiger partial charge >= 0.3 is 0 Å². The molecule has 128 valence electrons. The SMILES string of the molecule is COc1ccc(N(CC(=O)N2CCCC2)S(C)(=O)=O)cc1OC. The Morgan fingerprint density at radius 1 is 1.17 bits per heavy atom. The van der Waals surface area contributed by atoms with Crippen LogP contribution in [0, 0.1) is 0 Å². The lowest BCUT2D eigenvalue weighted by Gasteiger charge is -2.25. The van der Waals surface area contributed by atoms with E-state index in [4.69, 9.17) is 9.47 Å². The minimum Gasteiger partial charge on any atom is -0.493 e. The van der Waals surface area contributed by atoms with Crippen LogP contribution in [0.2, 0.25) is 0 Å². The minimum absolute atomic E-state index is 0.192. The quantitative estimate of drug-likeness (QED) is 0.773. The van der Waals surface area contributed by atoms with Gasteiger partial charge in [-0.2, -0.15) is 0 Å². The van der Waals surface area contributed by atoms with Gasteiger partial charge in [0.15, 0.2) is 11.5 Å². The fourth-order valence-corrected chi connectivity index (χ4v) is 3.41. The van der Waals surface area contributed by atoms with E-state index in [-0.39, 0.29) is 12.5 Å². The van der Waals surface area contributed by atoms with Crippen molar-refractivity contribution in [1.29, 1.82) is 0 Å². The molecule has 1 aromatic rings. The minimum atomic E-state index is -3.60. The van der Waals surface area contributed by atoms with E-state index in [9.17, 15) is 13.2 Å². The highest BCUT2D eigenvalue weighted by Crippen LogP contribution is 2.32. The van der Waals surface area contributed by atoms with Crippen molar-refractivity contribution in [1.82, 2.24) is 4.90 Å². The zero-order chi connectivity index (χ0) is 17.0. The van der Waals surface area contributed by atoms with Gasteiger partial charge in [-0.05, 0) is 25.0 Å². The maximum atomic E-state index is 12.3. The van der Waals surface area contributed by atoms with Crippen molar-refractivity contribution in [3.63, 3.8) is 0 Å². The molecule has 2 rings (SSSR count). The number of carbonyl (C=O) groups excluding carboxylic acids is 1. The molecular formula is C15H22N2O5S. The van der Waals surface area contributed by atoms with Gasteiger partial charge in [-0.1, -0.05) is 0 Å². The van der Waals surface area contributed by atoms with E-state index in [1.807, 2.05) is 0 Å². The highest BCUT2D eigenvalue weighted by atomic mass is 32.2. The van der Waals surface area contributed by atoms with E-state index in [1.54, 1.807) is 23.1 Å². The van der Waals surface area contributed by atoms with Gasteiger partial charge in [0.1, 0.15) is 6.54 Å². The molecule has 0 aliphatic carbocycles. The summed E-state index contributed by atoms with van der Waals surface area (Å²) in [5, 5.41) is 0. The monoisotopic (exact) mass is 342 g/mol. The van der Waals surface area contributed by atoms with Crippen molar-refractivity contribution in [3.05, 3.63) is 18.2 Å². The first-order valence-corrected chi connectivity index (χ1v) is 9.19. The molecule has 1 amide bonds. The van der Waals surface area contributed by atoms with Crippen molar-refractivity contribution in [2.45, 2.75) is 12.8 Å². The topological polar surface area (TPSA) is 76.2 Å². The molecule has 23 heavy (non-hydrogen) atoms. The van der Waals surface area contributed by atoms with Crippen LogP contribution < -0.4 is 13.8 Å². The zero-order valence-corrected chi connectivity index (χ0v) is 14.4. The highest BCUT2D eigenvalue weighted by Gasteiger charge is 2.26. The summed E-state index contributed by atoms with van der Waals surface area (Å²) < 4.78 is 35.7. The zero-order valence-electron chi connectivity index (χ0n) is 13.6. The maximum Gasteiger partial charge on any atom is 0.243 e. The Hall–Kier alpha value is -1.96. The number of nitrogens with zero attached hydrogens (tertiary/aromatic N) is 2. The average molecular weight is 342 g/mol. The number of carbonyl (C=O) groups is 1. The average Bonchev–Trinajstić information content (AvgIpc) is 3.05. The van der Waals surface area contributed by atoms with Crippen molar-refractivity contribution in [2.24, 2.45) is 0 Å². The van der Waals surface area contributed by atoms with E-state index in [0.717, 1.165) is 23.4 Å². The molecule has 1 aromatic carbocycles. The van der Waals surface area contributed by atoms with Crippen molar-refractivity contribution >= 4 is 21.6 Å². The molecule has 0 aromatic heterocycles. The molecular weight excluding hydrogens is 320 g/mol. The summed E-state index contributed by atoms with van der Waals surface area (Å²) in [6.45, 7) is 1.15. The van der Waals surface area contributed by atoms with Crippen LogP contribution >= 0.6 is 0 Å². The Morgan fingerprint density at radius 3 is 2.30 bits per heavy atom. The second-order valence-electron chi connectivity index (χ2n) is 5.40. The number of hydrogen-bond donors (Lipinski definition) is 0. The molecule has 0 N–H and O–H groups in total. The van der Waals surface area contributed by atoms with Crippen LogP contribution in [0.3, 0.4) is 0 Å². The van der Waals surface area contributed by atoms with Crippen LogP contribution in [0.15, 0.2) is 18.2 Å². The molecule has 1 saturated heterocycles. The molecule has 1 fully saturated rings. The lowest BCUT2D eigenvalue weighted by atomic mass is 10.2. The number of methoxy groups -OCH3 is 2. The Balaban J connectivity index is 2.30. The van der Waals surface area contributed by atoms with E-state index < -0.39 is 10.0 Å². The molecule has 1 aliphatic heterocycles. The van der Waals surface area contributed by atoms with Gasteiger partial charge in [0, 0.05) is 19.2 Å². The van der Waals surface area contributed by atoms with Crippen LogP contribution in [0.1, 0.15) is 12.8 Å². The molecule has 7 nitrogen and oxygen atoms in total. The van der Waals surface area contributed by atoms with Crippen LogP contribution in [0.5, 0.6) is 11.5 Å². The fourth-order valence-electron chi connectivity index (χ4n) is 2.57. The summed E-state index contributed by atoms with van der Waals surface area (Å²) in [6.07, 6.45) is 3.00. The highest BCUT2D eigenvalue weighted by molar-refractivity contribution is 7.92. The molecule has 0 saturated carbocycles. The summed E-state index contributed by atoms with van der Waals surface area (Å²) >= 11 is 0. The van der Waals surface area contributed by atoms with Crippen molar-refractivity contribution in [2.75, 3.05) is 44.4 Å². The van der Waals surface area contributed by atoms with Crippen LogP contribution in [0.4, 0.5) is 5.69 Å². The van der Waals surface area contributed by atoms with Gasteiger partial charge in [0.25, 0.3) is 0 Å². The summed E-state index contributed by atoms with van der Waals surface area (Å²) in [5.41, 5.74) is 0.373. The van der Waals surface area contributed by atoms with Gasteiger partial charge in [-0.3, -0.25) is 9.10 Å². The van der Waals surface area contributed by atoms with Crippen LogP contribution in [0.25, 0.3) is 0 Å². The van der Waals surface area contributed by atoms with Gasteiger partial charge < -0.3 is 14.4 Å². The first-order valence-electron chi connectivity index (χ1n) is 7.34. The first-order chi connectivity index (χ1) is 10.9. The Kier molecular flexibility index (Phi) is 5.35. The number of sulfonamides is 1. The number of hydrogen-bond acceptors (Lipinski definition) is 5. The normalized spacial score (nSPS) is 14.7. The smallest absolute Gasteiger partial charge is 0.243 e. The third-order valence-electron chi connectivity index (χ3n) is 3.79. The van der Waals surface area contributed by atoms with E-state index in [1.165, 1.54) is 14.2 Å². The van der Waals surface area contributed by atoms with Crippen LogP contribution in [-0.4, -0.2) is 59.3 Å². The van der Waals surface area contributed by atoms with Gasteiger partial charge in [-0.15, -0.1) is 0 Å². The largest absolute Gasteiger partial charge is 0.493 e. The number of anilines is 1. The number of ether oxygens (including phenoxy) is 2. The standard InChI is InChI=1S/C15H22N2O5S/c1-21-13-7-6-12(10-14(13)22-2)17(23(3,19)20)11-15(18)16-8-4-5-9-16/h6-7,10H,4-5,8-9,11H2,1-3H3. The Morgan fingerprint density at radius 2 is 1.78 bits per heavy atom. The Labute approximate surface area is 136 Å². The van der Waals surface area contributed by atoms with Crippen molar-refractivity contribution in [3.8, 4) is 11.5 Å². The molecule has 0 unspecified atom stereocenters. The van der Waals surface area contributed by atoms with E-state index in [0.29, 0.717) is 30.3 Å². The van der Waals surface area contributed by atoms with E-state index in [2.05, 4.69) is 0 Å². The lowest BCUT2D eigenvalue weighted by Crippen LogP contribution is -2.41. The molecule has 0 bridgehead atoms. The van der Waals surface area contributed by atoms with E-state index >= 15 is 0 Å². The van der Waals surface area contributed by atoms with Gasteiger partial charge in [0.2, 0.25) is 15.9 Å². The summed E-state index contributed by atoms with van der Waals surface area (Å²) in [4.78, 5) is 14.0. The maximum absolute atomic E-state index is 12.3. The summed E-state index contributed by atoms with van der Waals surface area (Å²) in [5.74, 6) is 0.713. The lowest BCUT2D eigenvalue weighted by molar-refractivity contribution is -0.128.